The van der Waals surface area contributed by atoms with Gasteiger partial charge in [0.25, 0.3) is 0 Å². The number of benzene rings is 1. The van der Waals surface area contributed by atoms with E-state index in [2.05, 4.69) is 25.8 Å². The molecule has 7 heteroatoms. The molecule has 3 rings (SSSR count). The number of aromatic nitrogens is 1. The second-order valence-corrected chi connectivity index (χ2v) is 8.63. The van der Waals surface area contributed by atoms with Gasteiger partial charge in [0.1, 0.15) is 5.82 Å². The molecule has 1 aliphatic rings. The molecule has 0 bridgehead atoms. The fourth-order valence-corrected chi connectivity index (χ4v) is 4.06. The summed E-state index contributed by atoms with van der Waals surface area (Å²) in [4.78, 5) is 22.3. The molecule has 1 aromatic heterocycles. The number of halogens is 2. The molecule has 0 N–H and O–H groups in total. The zero-order chi connectivity index (χ0) is 17.8. The van der Waals surface area contributed by atoms with Crippen molar-refractivity contribution in [2.45, 2.75) is 17.1 Å². The van der Waals surface area contributed by atoms with Crippen molar-refractivity contribution < 1.29 is 4.79 Å². The van der Waals surface area contributed by atoms with Gasteiger partial charge in [-0.1, -0.05) is 27.5 Å². The van der Waals surface area contributed by atoms with Gasteiger partial charge in [0.2, 0.25) is 5.91 Å². The molecular formula is C18H19BrClN3OS. The molecule has 1 saturated heterocycles. The summed E-state index contributed by atoms with van der Waals surface area (Å²) in [5.41, 5.74) is 0. The van der Waals surface area contributed by atoms with Gasteiger partial charge < -0.3 is 9.80 Å². The highest BCUT2D eigenvalue weighted by Crippen LogP contribution is 2.26. The fourth-order valence-electron chi connectivity index (χ4n) is 2.74. The van der Waals surface area contributed by atoms with Gasteiger partial charge in [0, 0.05) is 41.7 Å². The van der Waals surface area contributed by atoms with Crippen LogP contribution >= 0.6 is 39.3 Å². The fraction of sp³-hybridized carbons (Fsp3) is 0.333. The summed E-state index contributed by atoms with van der Waals surface area (Å²) < 4.78 is 1.04. The van der Waals surface area contributed by atoms with Crippen molar-refractivity contribution in [3.8, 4) is 0 Å². The van der Waals surface area contributed by atoms with Crippen molar-refractivity contribution in [3.63, 3.8) is 0 Å². The van der Waals surface area contributed by atoms with E-state index in [1.807, 2.05) is 48.2 Å². The molecule has 1 atom stereocenters. The lowest BCUT2D eigenvalue weighted by Crippen LogP contribution is -2.50. The summed E-state index contributed by atoms with van der Waals surface area (Å²) in [5, 5.41) is 0.540. The largest absolute Gasteiger partial charge is 0.353 e. The third-order valence-corrected chi connectivity index (χ3v) is 5.95. The Bertz CT molecular complexity index is 718. The van der Waals surface area contributed by atoms with E-state index >= 15 is 0 Å². The molecule has 1 aliphatic heterocycles. The van der Waals surface area contributed by atoms with Gasteiger partial charge in [-0.25, -0.2) is 4.98 Å². The third kappa shape index (κ3) is 4.90. The molecule has 25 heavy (non-hydrogen) atoms. The Morgan fingerprint density at radius 3 is 2.44 bits per heavy atom. The monoisotopic (exact) mass is 439 g/mol. The summed E-state index contributed by atoms with van der Waals surface area (Å²) in [6, 6.07) is 11.8. The van der Waals surface area contributed by atoms with Crippen LogP contribution in [-0.4, -0.2) is 47.2 Å². The number of rotatable bonds is 4. The molecule has 1 amide bonds. The van der Waals surface area contributed by atoms with Crippen LogP contribution in [0.3, 0.4) is 0 Å². The normalized spacial score (nSPS) is 16.0. The van der Waals surface area contributed by atoms with E-state index in [9.17, 15) is 4.79 Å². The minimum atomic E-state index is -0.0959. The van der Waals surface area contributed by atoms with Gasteiger partial charge in [-0.05, 0) is 43.3 Å². The Labute approximate surface area is 165 Å². The van der Waals surface area contributed by atoms with Crippen LogP contribution in [-0.2, 0) is 4.79 Å². The Morgan fingerprint density at radius 2 is 1.84 bits per heavy atom. The van der Waals surface area contributed by atoms with Gasteiger partial charge in [-0.3, -0.25) is 4.79 Å². The Balaban J connectivity index is 1.53. The van der Waals surface area contributed by atoms with Gasteiger partial charge in [-0.2, -0.15) is 0 Å². The number of amides is 1. The lowest BCUT2D eigenvalue weighted by Gasteiger charge is -2.36. The Kier molecular flexibility index (Phi) is 6.25. The zero-order valence-electron chi connectivity index (χ0n) is 13.9. The molecular weight excluding hydrogens is 422 g/mol. The van der Waals surface area contributed by atoms with Gasteiger partial charge in [0.15, 0.2) is 0 Å². The van der Waals surface area contributed by atoms with Crippen LogP contribution in [0.15, 0.2) is 52.0 Å². The summed E-state index contributed by atoms with van der Waals surface area (Å²) in [5.74, 6) is 1.10. The van der Waals surface area contributed by atoms with E-state index in [0.717, 1.165) is 28.3 Å². The maximum absolute atomic E-state index is 12.7. The number of hydrogen-bond donors (Lipinski definition) is 0. The van der Waals surface area contributed by atoms with Crippen LogP contribution in [0.25, 0.3) is 0 Å². The lowest BCUT2D eigenvalue weighted by molar-refractivity contribution is -0.130. The Morgan fingerprint density at radius 1 is 1.16 bits per heavy atom. The first kappa shape index (κ1) is 18.5. The second-order valence-electron chi connectivity index (χ2n) is 5.86. The van der Waals surface area contributed by atoms with Crippen LogP contribution in [0.2, 0.25) is 5.02 Å². The average molecular weight is 441 g/mol. The molecule has 2 heterocycles. The van der Waals surface area contributed by atoms with Gasteiger partial charge in [0.05, 0.1) is 10.3 Å². The summed E-state index contributed by atoms with van der Waals surface area (Å²) in [6.45, 7) is 4.98. The van der Waals surface area contributed by atoms with Crippen LogP contribution in [0.4, 0.5) is 5.82 Å². The highest BCUT2D eigenvalue weighted by atomic mass is 79.9. The van der Waals surface area contributed by atoms with E-state index in [4.69, 9.17) is 11.6 Å². The molecule has 4 nitrogen and oxygen atoms in total. The molecule has 0 aliphatic carbocycles. The molecule has 1 unspecified atom stereocenters. The number of anilines is 1. The van der Waals surface area contributed by atoms with E-state index < -0.39 is 0 Å². The van der Waals surface area contributed by atoms with Gasteiger partial charge >= 0.3 is 0 Å². The van der Waals surface area contributed by atoms with Crippen molar-refractivity contribution in [2.75, 3.05) is 31.1 Å². The average Bonchev–Trinajstić information content (AvgIpc) is 2.64. The molecule has 0 radical (unpaired) electrons. The molecule has 1 aromatic carbocycles. The predicted molar refractivity (Wildman–Crippen MR) is 108 cm³/mol. The Hall–Kier alpha value is -1.24. The maximum Gasteiger partial charge on any atom is 0.235 e. The number of nitrogens with zero attached hydrogens (tertiary/aromatic N) is 3. The highest BCUT2D eigenvalue weighted by Gasteiger charge is 2.26. The van der Waals surface area contributed by atoms with Gasteiger partial charge in [-0.15, -0.1) is 11.8 Å². The van der Waals surface area contributed by atoms with E-state index in [1.165, 1.54) is 0 Å². The second kappa shape index (κ2) is 8.43. The number of piperazine rings is 1. The van der Waals surface area contributed by atoms with Crippen molar-refractivity contribution >= 4 is 51.0 Å². The number of carbonyl (C=O) groups excluding carboxylic acids is 1. The summed E-state index contributed by atoms with van der Waals surface area (Å²) in [7, 11) is 0. The minimum Gasteiger partial charge on any atom is -0.353 e. The number of hydrogen-bond acceptors (Lipinski definition) is 4. The first-order valence-corrected chi connectivity index (χ1v) is 10.2. The SMILES string of the molecule is CC(Sc1ccc(Br)cc1)C(=O)N1CCN(c2ccc(Cl)cn2)CC1. The van der Waals surface area contributed by atoms with Crippen molar-refractivity contribution in [1.82, 2.24) is 9.88 Å². The van der Waals surface area contributed by atoms with E-state index in [1.54, 1.807) is 18.0 Å². The highest BCUT2D eigenvalue weighted by molar-refractivity contribution is 9.10. The quantitative estimate of drug-likeness (QED) is 0.663. The predicted octanol–water partition coefficient (Wildman–Crippen LogP) is 4.33. The standard InChI is InChI=1S/C18H19BrClN3OS/c1-13(25-16-5-2-14(19)3-6-16)18(24)23-10-8-22(9-11-23)17-7-4-15(20)12-21-17/h2-7,12-13H,8-11H2,1H3. The maximum atomic E-state index is 12.7. The summed E-state index contributed by atoms with van der Waals surface area (Å²) in [6.07, 6.45) is 1.66. The third-order valence-electron chi connectivity index (χ3n) is 4.10. The molecule has 1 fully saturated rings. The molecule has 132 valence electrons. The molecule has 0 spiro atoms. The number of thioether (sulfide) groups is 1. The minimum absolute atomic E-state index is 0.0959. The van der Waals surface area contributed by atoms with Crippen molar-refractivity contribution in [2.24, 2.45) is 0 Å². The van der Waals surface area contributed by atoms with Crippen LogP contribution in [0, 0.1) is 0 Å². The number of carbonyl (C=O) groups is 1. The lowest BCUT2D eigenvalue weighted by atomic mass is 10.2. The van der Waals surface area contributed by atoms with Crippen LogP contribution in [0.5, 0.6) is 0 Å². The zero-order valence-corrected chi connectivity index (χ0v) is 17.0. The topological polar surface area (TPSA) is 36.4 Å². The van der Waals surface area contributed by atoms with Crippen LogP contribution in [0.1, 0.15) is 6.92 Å². The molecule has 2 aromatic rings. The van der Waals surface area contributed by atoms with E-state index in [0.29, 0.717) is 18.1 Å². The first-order chi connectivity index (χ1) is 12.0. The number of pyridine rings is 1. The van der Waals surface area contributed by atoms with E-state index in [-0.39, 0.29) is 11.2 Å². The molecule has 0 saturated carbocycles. The van der Waals surface area contributed by atoms with Crippen molar-refractivity contribution in [3.05, 3.63) is 52.1 Å². The van der Waals surface area contributed by atoms with Crippen molar-refractivity contribution in [1.29, 1.82) is 0 Å². The smallest absolute Gasteiger partial charge is 0.235 e. The summed E-state index contributed by atoms with van der Waals surface area (Å²) >= 11 is 10.9. The van der Waals surface area contributed by atoms with Crippen LogP contribution < -0.4 is 4.90 Å². The first-order valence-electron chi connectivity index (χ1n) is 8.10.